The summed E-state index contributed by atoms with van der Waals surface area (Å²) >= 11 is 0. The molecule has 0 atom stereocenters. The quantitative estimate of drug-likeness (QED) is 0.564. The number of aromatic hydroxyl groups is 1. The van der Waals surface area contributed by atoms with Gasteiger partial charge in [0.2, 0.25) is 5.78 Å². The predicted octanol–water partition coefficient (Wildman–Crippen LogP) is 3.19. The van der Waals surface area contributed by atoms with E-state index in [0.29, 0.717) is 0 Å². The molecule has 1 aliphatic carbocycles. The molecule has 0 saturated heterocycles. The van der Waals surface area contributed by atoms with Crippen LogP contribution in [0.1, 0.15) is 5.56 Å². The number of nitrogens with one attached hydrogen (secondary N) is 1. The molecule has 7 heteroatoms. The molecular weight excluding hydrogens is 408 g/mol. The van der Waals surface area contributed by atoms with Crippen LogP contribution in [0.3, 0.4) is 0 Å². The van der Waals surface area contributed by atoms with Gasteiger partial charge in [0.25, 0.3) is 0 Å². The van der Waals surface area contributed by atoms with Crippen LogP contribution in [-0.4, -0.2) is 21.6 Å². The van der Waals surface area contributed by atoms with Crippen molar-refractivity contribution in [1.29, 1.82) is 0 Å². The molecule has 1 aromatic heterocycles. The van der Waals surface area contributed by atoms with Gasteiger partial charge in [0.1, 0.15) is 22.6 Å². The Bertz CT molecular complexity index is 1440. The van der Waals surface area contributed by atoms with Gasteiger partial charge in [-0.25, -0.2) is 4.79 Å². The number of hydrogen-bond donors (Lipinski definition) is 2. The minimum absolute atomic E-state index is 0.0426. The van der Waals surface area contributed by atoms with Gasteiger partial charge in [-0.1, -0.05) is 18.2 Å². The molecule has 0 amide bonds. The van der Waals surface area contributed by atoms with E-state index in [4.69, 9.17) is 4.42 Å². The summed E-state index contributed by atoms with van der Waals surface area (Å²) in [7, 11) is 0. The second kappa shape index (κ2) is 7.55. The van der Waals surface area contributed by atoms with Gasteiger partial charge in [-0.05, 0) is 48.6 Å². The highest BCUT2D eigenvalue weighted by atomic mass is 16.4. The molecule has 1 aromatic carbocycles. The Morgan fingerprint density at radius 1 is 0.875 bits per heavy atom. The Balaban J connectivity index is 1.68. The largest absolute Gasteiger partial charge is 0.506 e. The van der Waals surface area contributed by atoms with Gasteiger partial charge < -0.3 is 19.7 Å². The number of hydrogen-bond acceptors (Lipinski definition) is 7. The molecule has 0 radical (unpaired) electrons. The maximum Gasteiger partial charge on any atom is 0.348 e. The first-order valence-electron chi connectivity index (χ1n) is 9.79. The maximum absolute atomic E-state index is 12.8. The van der Waals surface area contributed by atoms with Gasteiger partial charge in [0.05, 0.1) is 11.0 Å². The lowest BCUT2D eigenvalue weighted by Crippen LogP contribution is -2.27. The summed E-state index contributed by atoms with van der Waals surface area (Å²) in [4.78, 5) is 39.9. The average molecular weight is 424 g/mol. The van der Waals surface area contributed by atoms with Gasteiger partial charge in [-0.2, -0.15) is 0 Å². The molecule has 32 heavy (non-hydrogen) atoms. The van der Waals surface area contributed by atoms with Crippen LogP contribution in [0.4, 0.5) is 0 Å². The molecule has 0 saturated carbocycles. The van der Waals surface area contributed by atoms with E-state index in [1.54, 1.807) is 49.0 Å². The number of carbonyl (C=O) groups is 2. The topological polar surface area (TPSA) is 99.8 Å². The molecule has 156 valence electrons. The SMILES string of the molecule is O=C1C=CC(=O)C(N2C=CC(=C3C=CC=CN3)C=C2)=C1c1c(O)c2ccccc2oc1=O. The van der Waals surface area contributed by atoms with Crippen molar-refractivity contribution in [3.8, 4) is 5.75 Å². The van der Waals surface area contributed by atoms with Gasteiger partial charge in [0.15, 0.2) is 5.78 Å². The molecule has 0 fully saturated rings. The number of carbonyl (C=O) groups excluding carboxylic acids is 2. The number of dihydropyridines is 1. The fourth-order valence-corrected chi connectivity index (χ4v) is 3.73. The van der Waals surface area contributed by atoms with Crippen LogP contribution < -0.4 is 10.9 Å². The minimum Gasteiger partial charge on any atom is -0.506 e. The van der Waals surface area contributed by atoms with E-state index < -0.39 is 22.9 Å². The zero-order valence-electron chi connectivity index (χ0n) is 16.6. The lowest BCUT2D eigenvalue weighted by atomic mass is 9.92. The van der Waals surface area contributed by atoms with Crippen molar-refractivity contribution in [3.63, 3.8) is 0 Å². The molecule has 5 rings (SSSR count). The Hall–Kier alpha value is -4.65. The van der Waals surface area contributed by atoms with Crippen molar-refractivity contribution in [2.45, 2.75) is 0 Å². The first-order valence-corrected chi connectivity index (χ1v) is 9.79. The van der Waals surface area contributed by atoms with E-state index in [1.807, 2.05) is 18.2 Å². The molecule has 2 aromatic rings. The number of allylic oxidation sites excluding steroid dienone is 9. The second-order valence-corrected chi connectivity index (χ2v) is 7.17. The molecule has 2 aliphatic heterocycles. The molecule has 0 spiro atoms. The number of ketones is 2. The Labute approximate surface area is 182 Å². The summed E-state index contributed by atoms with van der Waals surface area (Å²) in [6.07, 6.45) is 16.5. The Morgan fingerprint density at radius 3 is 2.38 bits per heavy atom. The van der Waals surface area contributed by atoms with Crippen LogP contribution in [0.15, 0.2) is 112 Å². The zero-order chi connectivity index (χ0) is 22.2. The highest BCUT2D eigenvalue weighted by molar-refractivity contribution is 6.36. The van der Waals surface area contributed by atoms with Crippen LogP contribution in [0.25, 0.3) is 16.5 Å². The summed E-state index contributed by atoms with van der Waals surface area (Å²) in [5, 5.41) is 14.2. The van der Waals surface area contributed by atoms with E-state index in [9.17, 15) is 19.5 Å². The maximum atomic E-state index is 12.8. The smallest absolute Gasteiger partial charge is 0.348 e. The van der Waals surface area contributed by atoms with E-state index >= 15 is 0 Å². The fraction of sp³-hybridized carbons (Fsp3) is 0. The lowest BCUT2D eigenvalue weighted by molar-refractivity contribution is -0.114. The molecule has 0 bridgehead atoms. The molecule has 3 heterocycles. The summed E-state index contributed by atoms with van der Waals surface area (Å²) in [5.74, 6) is -1.46. The Kier molecular flexibility index (Phi) is 4.56. The number of fused-ring (bicyclic) bond motifs is 1. The number of benzene rings is 1. The molecule has 2 N–H and O–H groups in total. The third kappa shape index (κ3) is 3.13. The van der Waals surface area contributed by atoms with E-state index in [2.05, 4.69) is 5.32 Å². The van der Waals surface area contributed by atoms with Crippen molar-refractivity contribution in [1.82, 2.24) is 10.2 Å². The van der Waals surface area contributed by atoms with Gasteiger partial charge in [0, 0.05) is 29.9 Å². The third-order valence-electron chi connectivity index (χ3n) is 5.25. The van der Waals surface area contributed by atoms with E-state index in [-0.39, 0.29) is 27.8 Å². The van der Waals surface area contributed by atoms with Crippen molar-refractivity contribution in [2.24, 2.45) is 0 Å². The molecule has 7 nitrogen and oxygen atoms in total. The standard InChI is InChI=1S/C25H16N2O5/c28-18-8-9-19(29)23(27-13-10-15(11-14-27)17-6-3-4-12-26-17)21(18)22-24(30)16-5-1-2-7-20(16)32-25(22)31/h1-14,26,30H. The van der Waals surface area contributed by atoms with Crippen LogP contribution in [0.2, 0.25) is 0 Å². The number of rotatable bonds is 2. The summed E-state index contributed by atoms with van der Waals surface area (Å²) in [5.41, 5.74) is 0.421. The van der Waals surface area contributed by atoms with Gasteiger partial charge >= 0.3 is 5.63 Å². The molecule has 0 unspecified atom stereocenters. The van der Waals surface area contributed by atoms with Crippen LogP contribution in [-0.2, 0) is 9.59 Å². The fourth-order valence-electron chi connectivity index (χ4n) is 3.73. The number of para-hydroxylation sites is 1. The minimum atomic E-state index is -0.902. The summed E-state index contributed by atoms with van der Waals surface area (Å²) in [6.45, 7) is 0. The molecule has 3 aliphatic rings. The first-order chi connectivity index (χ1) is 15.5. The monoisotopic (exact) mass is 424 g/mol. The van der Waals surface area contributed by atoms with Crippen molar-refractivity contribution in [3.05, 3.63) is 118 Å². The Morgan fingerprint density at radius 2 is 1.62 bits per heavy atom. The highest BCUT2D eigenvalue weighted by Gasteiger charge is 2.32. The highest BCUT2D eigenvalue weighted by Crippen LogP contribution is 2.35. The van der Waals surface area contributed by atoms with E-state index in [1.165, 1.54) is 11.0 Å². The van der Waals surface area contributed by atoms with Crippen molar-refractivity contribution < 1.29 is 19.1 Å². The second-order valence-electron chi connectivity index (χ2n) is 7.17. The normalized spacial score (nSPS) is 17.7. The van der Waals surface area contributed by atoms with Crippen LogP contribution in [0.5, 0.6) is 5.75 Å². The van der Waals surface area contributed by atoms with Crippen LogP contribution in [0, 0.1) is 0 Å². The predicted molar refractivity (Wildman–Crippen MR) is 119 cm³/mol. The van der Waals surface area contributed by atoms with Crippen molar-refractivity contribution in [2.75, 3.05) is 0 Å². The van der Waals surface area contributed by atoms with E-state index in [0.717, 1.165) is 23.4 Å². The summed E-state index contributed by atoms with van der Waals surface area (Å²) in [6, 6.07) is 6.44. The van der Waals surface area contributed by atoms with Gasteiger partial charge in [-0.3, -0.25) is 9.59 Å². The third-order valence-corrected chi connectivity index (χ3v) is 5.25. The lowest BCUT2D eigenvalue weighted by Gasteiger charge is -2.25. The summed E-state index contributed by atoms with van der Waals surface area (Å²) < 4.78 is 5.32. The van der Waals surface area contributed by atoms with Gasteiger partial charge in [-0.15, -0.1) is 0 Å². The average Bonchev–Trinajstić information content (AvgIpc) is 2.82. The zero-order valence-corrected chi connectivity index (χ0v) is 16.6. The molecular formula is C25H16N2O5. The number of nitrogens with zero attached hydrogens (tertiary/aromatic N) is 1. The van der Waals surface area contributed by atoms with Crippen molar-refractivity contribution >= 4 is 28.1 Å². The van der Waals surface area contributed by atoms with Crippen LogP contribution >= 0.6 is 0 Å². The first kappa shape index (κ1) is 19.3.